The second-order valence-electron chi connectivity index (χ2n) is 5.82. The lowest BCUT2D eigenvalue weighted by Crippen LogP contribution is -2.30. The summed E-state index contributed by atoms with van der Waals surface area (Å²) in [6.07, 6.45) is 0.674. The maximum absolute atomic E-state index is 12.6. The fraction of sp³-hybridized carbons (Fsp3) is 0.211. The van der Waals surface area contributed by atoms with Crippen molar-refractivity contribution in [3.63, 3.8) is 0 Å². The summed E-state index contributed by atoms with van der Waals surface area (Å²) in [4.78, 5) is 38.4. The van der Waals surface area contributed by atoms with Crippen LogP contribution in [0.2, 0.25) is 5.02 Å². The summed E-state index contributed by atoms with van der Waals surface area (Å²) in [6.45, 7) is 2.24. The Balaban J connectivity index is 1.89. The number of fused-ring (bicyclic) bond motifs is 1. The van der Waals surface area contributed by atoms with Gasteiger partial charge in [-0.25, -0.2) is 0 Å². The molecule has 0 spiro atoms. The first kappa shape index (κ1) is 17.9. The molecule has 0 atom stereocenters. The highest BCUT2D eigenvalue weighted by molar-refractivity contribution is 6.31. The smallest absolute Gasteiger partial charge is 0.261 e. The molecule has 1 aliphatic heterocycles. The number of hydrogen-bond acceptors (Lipinski definition) is 4. The van der Waals surface area contributed by atoms with Crippen LogP contribution >= 0.6 is 11.6 Å². The van der Waals surface area contributed by atoms with E-state index in [1.54, 1.807) is 18.2 Å². The van der Waals surface area contributed by atoms with Crippen LogP contribution in [0.3, 0.4) is 0 Å². The van der Waals surface area contributed by atoms with E-state index in [9.17, 15) is 14.4 Å². The Labute approximate surface area is 155 Å². The Morgan fingerprint density at radius 3 is 2.54 bits per heavy atom. The second kappa shape index (κ2) is 7.17. The highest BCUT2D eigenvalue weighted by atomic mass is 35.5. The van der Waals surface area contributed by atoms with Crippen molar-refractivity contribution < 1.29 is 19.1 Å². The van der Waals surface area contributed by atoms with Crippen LogP contribution in [0.25, 0.3) is 0 Å². The molecule has 0 saturated heterocycles. The number of anilines is 1. The number of amides is 3. The van der Waals surface area contributed by atoms with Crippen molar-refractivity contribution in [2.45, 2.75) is 13.3 Å². The molecule has 1 aliphatic rings. The van der Waals surface area contributed by atoms with E-state index in [2.05, 4.69) is 5.32 Å². The predicted molar refractivity (Wildman–Crippen MR) is 98.1 cm³/mol. The number of carbonyl (C=O) groups excluding carboxylic acids is 3. The van der Waals surface area contributed by atoms with E-state index in [0.717, 1.165) is 0 Å². The number of benzene rings is 2. The van der Waals surface area contributed by atoms with Crippen LogP contribution in [0.15, 0.2) is 36.4 Å². The van der Waals surface area contributed by atoms with Crippen LogP contribution < -0.4 is 10.1 Å². The van der Waals surface area contributed by atoms with Crippen LogP contribution in [-0.2, 0) is 0 Å². The molecule has 6 nitrogen and oxygen atoms in total. The van der Waals surface area contributed by atoms with Crippen LogP contribution in [0, 0.1) is 0 Å². The van der Waals surface area contributed by atoms with E-state index in [4.69, 9.17) is 16.3 Å². The van der Waals surface area contributed by atoms with Gasteiger partial charge in [0.25, 0.3) is 17.7 Å². The SMILES string of the molecule is CCCN1C(=O)c2ccc(C(=O)Nc3cc(Cl)ccc3OC)cc2C1=O. The molecule has 3 amide bonds. The molecule has 2 aromatic carbocycles. The zero-order valence-corrected chi connectivity index (χ0v) is 15.1. The summed E-state index contributed by atoms with van der Waals surface area (Å²) in [5, 5.41) is 3.16. The summed E-state index contributed by atoms with van der Waals surface area (Å²) in [7, 11) is 1.49. The van der Waals surface area contributed by atoms with Crippen molar-refractivity contribution in [2.24, 2.45) is 0 Å². The van der Waals surface area contributed by atoms with Gasteiger partial charge in [0.15, 0.2) is 0 Å². The molecule has 3 rings (SSSR count). The third-order valence-corrected chi connectivity index (χ3v) is 4.32. The summed E-state index contributed by atoms with van der Waals surface area (Å²) in [6, 6.07) is 9.34. The van der Waals surface area contributed by atoms with Crippen molar-refractivity contribution >= 4 is 35.0 Å². The molecule has 0 unspecified atom stereocenters. The maximum Gasteiger partial charge on any atom is 0.261 e. The number of rotatable bonds is 5. The fourth-order valence-corrected chi connectivity index (χ4v) is 3.00. The number of nitrogens with zero attached hydrogens (tertiary/aromatic N) is 1. The molecular weight excluding hydrogens is 356 g/mol. The van der Waals surface area contributed by atoms with Gasteiger partial charge in [-0.2, -0.15) is 0 Å². The van der Waals surface area contributed by atoms with Crippen molar-refractivity contribution in [3.05, 3.63) is 58.1 Å². The number of hydrogen-bond donors (Lipinski definition) is 1. The number of methoxy groups -OCH3 is 1. The molecule has 7 heteroatoms. The van der Waals surface area contributed by atoms with E-state index in [-0.39, 0.29) is 22.9 Å². The molecule has 1 heterocycles. The number of ether oxygens (including phenoxy) is 1. The van der Waals surface area contributed by atoms with Crippen LogP contribution in [-0.4, -0.2) is 36.3 Å². The lowest BCUT2D eigenvalue weighted by Gasteiger charge is -2.11. The minimum atomic E-state index is -0.428. The molecule has 0 fully saturated rings. The third-order valence-electron chi connectivity index (χ3n) is 4.09. The molecule has 2 aromatic rings. The van der Waals surface area contributed by atoms with Crippen molar-refractivity contribution in [1.29, 1.82) is 0 Å². The van der Waals surface area contributed by atoms with Gasteiger partial charge in [-0.3, -0.25) is 19.3 Å². The quantitative estimate of drug-likeness (QED) is 0.813. The fourth-order valence-electron chi connectivity index (χ4n) is 2.83. The number of halogens is 1. The van der Waals surface area contributed by atoms with Gasteiger partial charge in [0.2, 0.25) is 0 Å². The Morgan fingerprint density at radius 2 is 1.85 bits per heavy atom. The van der Waals surface area contributed by atoms with Crippen molar-refractivity contribution in [2.75, 3.05) is 19.0 Å². The lowest BCUT2D eigenvalue weighted by molar-refractivity contribution is 0.0654. The van der Waals surface area contributed by atoms with Gasteiger partial charge in [-0.15, -0.1) is 0 Å². The second-order valence-corrected chi connectivity index (χ2v) is 6.26. The van der Waals surface area contributed by atoms with E-state index in [0.29, 0.717) is 35.0 Å². The summed E-state index contributed by atoms with van der Waals surface area (Å²) >= 11 is 5.97. The molecule has 0 radical (unpaired) electrons. The predicted octanol–water partition coefficient (Wildman–Crippen LogP) is 3.61. The molecule has 1 N–H and O–H groups in total. The van der Waals surface area contributed by atoms with Gasteiger partial charge in [-0.05, 0) is 42.8 Å². The van der Waals surface area contributed by atoms with E-state index >= 15 is 0 Å². The van der Waals surface area contributed by atoms with Crippen molar-refractivity contribution in [3.8, 4) is 5.75 Å². The van der Waals surface area contributed by atoms with Crippen LogP contribution in [0.4, 0.5) is 5.69 Å². The number of carbonyl (C=O) groups is 3. The van der Waals surface area contributed by atoms with Gasteiger partial charge >= 0.3 is 0 Å². The van der Waals surface area contributed by atoms with Gasteiger partial charge in [0, 0.05) is 17.1 Å². The topological polar surface area (TPSA) is 75.7 Å². The van der Waals surface area contributed by atoms with Gasteiger partial charge in [0.1, 0.15) is 5.75 Å². The first-order valence-electron chi connectivity index (χ1n) is 8.11. The van der Waals surface area contributed by atoms with Gasteiger partial charge in [-0.1, -0.05) is 18.5 Å². The molecule has 0 bridgehead atoms. The zero-order chi connectivity index (χ0) is 18.8. The average molecular weight is 373 g/mol. The Morgan fingerprint density at radius 1 is 1.12 bits per heavy atom. The monoisotopic (exact) mass is 372 g/mol. The largest absolute Gasteiger partial charge is 0.495 e. The Kier molecular flexibility index (Phi) is 4.95. The minimum absolute atomic E-state index is 0.245. The number of imide groups is 1. The molecule has 0 saturated carbocycles. The average Bonchev–Trinajstić information content (AvgIpc) is 2.87. The van der Waals surface area contributed by atoms with Crippen LogP contribution in [0.5, 0.6) is 5.75 Å². The standard InChI is InChI=1S/C19H17ClN2O4/c1-3-8-22-18(24)13-6-4-11(9-14(13)19(22)25)17(23)21-15-10-12(20)5-7-16(15)26-2/h4-7,9-10H,3,8H2,1-2H3,(H,21,23). The summed E-state index contributed by atoms with van der Waals surface area (Å²) in [5.41, 5.74) is 1.25. The van der Waals surface area contributed by atoms with Gasteiger partial charge < -0.3 is 10.1 Å². The molecule has 134 valence electrons. The van der Waals surface area contributed by atoms with E-state index in [1.165, 1.54) is 30.2 Å². The normalized spacial score (nSPS) is 13.0. The summed E-state index contributed by atoms with van der Waals surface area (Å²) < 4.78 is 5.20. The highest BCUT2D eigenvalue weighted by Gasteiger charge is 2.35. The first-order chi connectivity index (χ1) is 12.5. The molecule has 0 aromatic heterocycles. The zero-order valence-electron chi connectivity index (χ0n) is 14.3. The molecular formula is C19H17ClN2O4. The maximum atomic E-state index is 12.6. The summed E-state index contributed by atoms with van der Waals surface area (Å²) in [5.74, 6) is -0.663. The first-order valence-corrected chi connectivity index (χ1v) is 8.49. The Hall–Kier alpha value is -2.86. The highest BCUT2D eigenvalue weighted by Crippen LogP contribution is 2.29. The van der Waals surface area contributed by atoms with Crippen molar-refractivity contribution in [1.82, 2.24) is 4.90 Å². The van der Waals surface area contributed by atoms with E-state index in [1.807, 2.05) is 6.92 Å². The van der Waals surface area contributed by atoms with E-state index < -0.39 is 5.91 Å². The molecule has 26 heavy (non-hydrogen) atoms. The van der Waals surface area contributed by atoms with Crippen LogP contribution in [0.1, 0.15) is 44.4 Å². The van der Waals surface area contributed by atoms with Gasteiger partial charge in [0.05, 0.1) is 23.9 Å². The lowest BCUT2D eigenvalue weighted by atomic mass is 10.1. The Bertz CT molecular complexity index is 910. The number of nitrogens with one attached hydrogen (secondary N) is 1. The molecule has 0 aliphatic carbocycles. The minimum Gasteiger partial charge on any atom is -0.495 e. The third kappa shape index (κ3) is 3.15.